The zero-order valence-corrected chi connectivity index (χ0v) is 13.6. The molecular formula is C15H28N2OS. The lowest BCUT2D eigenvalue weighted by molar-refractivity contribution is 0.111. The van der Waals surface area contributed by atoms with E-state index in [0.29, 0.717) is 6.04 Å². The minimum atomic E-state index is 0.657. The van der Waals surface area contributed by atoms with Crippen LogP contribution in [-0.4, -0.2) is 38.3 Å². The molecule has 0 radical (unpaired) electrons. The number of hydrogen-bond donors (Lipinski definition) is 1. The van der Waals surface area contributed by atoms with Crippen molar-refractivity contribution in [3.63, 3.8) is 0 Å². The fraction of sp³-hybridized carbons (Fsp3) is 0.733. The third-order valence-electron chi connectivity index (χ3n) is 3.47. The summed E-state index contributed by atoms with van der Waals surface area (Å²) in [5.41, 5.74) is 0. The lowest BCUT2D eigenvalue weighted by Crippen LogP contribution is -2.36. The summed E-state index contributed by atoms with van der Waals surface area (Å²) in [5, 5.41) is 3.21. The normalized spacial score (nSPS) is 11.7. The third kappa shape index (κ3) is 5.61. The molecule has 0 fully saturated rings. The number of rotatable bonds is 10. The van der Waals surface area contributed by atoms with Crippen LogP contribution >= 0.6 is 11.3 Å². The number of nitrogens with zero attached hydrogens (tertiary/aromatic N) is 1. The van der Waals surface area contributed by atoms with E-state index in [-0.39, 0.29) is 0 Å². The molecule has 0 atom stereocenters. The lowest BCUT2D eigenvalue weighted by atomic mass is 10.1. The van der Waals surface area contributed by atoms with Gasteiger partial charge in [-0.2, -0.15) is 0 Å². The van der Waals surface area contributed by atoms with E-state index in [0.717, 1.165) is 26.2 Å². The largest absolute Gasteiger partial charge is 0.383 e. The van der Waals surface area contributed by atoms with Gasteiger partial charge in [-0.15, -0.1) is 11.3 Å². The predicted molar refractivity (Wildman–Crippen MR) is 83.7 cm³/mol. The maximum atomic E-state index is 5.24. The van der Waals surface area contributed by atoms with Crippen LogP contribution in [0.5, 0.6) is 0 Å². The molecule has 1 rings (SSSR count). The fourth-order valence-corrected chi connectivity index (χ4v) is 3.44. The van der Waals surface area contributed by atoms with Crippen LogP contribution in [-0.2, 0) is 17.8 Å². The Labute approximate surface area is 122 Å². The first-order valence-electron chi connectivity index (χ1n) is 7.20. The molecule has 0 unspecified atom stereocenters. The van der Waals surface area contributed by atoms with Crippen LogP contribution in [0.3, 0.4) is 0 Å². The molecule has 110 valence electrons. The Balaban J connectivity index is 2.63. The molecule has 0 aliphatic rings. The van der Waals surface area contributed by atoms with Gasteiger partial charge in [0.2, 0.25) is 0 Å². The fourth-order valence-electron chi connectivity index (χ4n) is 2.38. The molecule has 1 heterocycles. The third-order valence-corrected chi connectivity index (χ3v) is 4.54. The Hall–Kier alpha value is -0.420. The monoisotopic (exact) mass is 284 g/mol. The molecular weight excluding hydrogens is 256 g/mol. The number of thiophene rings is 1. The summed E-state index contributed by atoms with van der Waals surface area (Å²) in [5.74, 6) is 0. The molecule has 0 aliphatic carbocycles. The van der Waals surface area contributed by atoms with Crippen LogP contribution in [0.25, 0.3) is 0 Å². The van der Waals surface area contributed by atoms with Gasteiger partial charge in [-0.3, -0.25) is 4.90 Å². The van der Waals surface area contributed by atoms with E-state index < -0.39 is 0 Å². The van der Waals surface area contributed by atoms with E-state index in [2.05, 4.69) is 36.2 Å². The van der Waals surface area contributed by atoms with Gasteiger partial charge in [0.1, 0.15) is 0 Å². The summed E-state index contributed by atoms with van der Waals surface area (Å²) >= 11 is 1.91. The van der Waals surface area contributed by atoms with Crippen molar-refractivity contribution < 1.29 is 4.74 Å². The van der Waals surface area contributed by atoms with Gasteiger partial charge in [-0.25, -0.2) is 0 Å². The summed E-state index contributed by atoms with van der Waals surface area (Å²) in [4.78, 5) is 5.42. The van der Waals surface area contributed by atoms with Crippen LogP contribution in [0.1, 0.15) is 36.4 Å². The van der Waals surface area contributed by atoms with Gasteiger partial charge in [0, 0.05) is 42.5 Å². The van der Waals surface area contributed by atoms with Gasteiger partial charge in [0.15, 0.2) is 0 Å². The molecule has 0 saturated carbocycles. The summed E-state index contributed by atoms with van der Waals surface area (Å²) < 4.78 is 5.24. The average Bonchev–Trinajstić information content (AvgIpc) is 2.85. The van der Waals surface area contributed by atoms with Crippen LogP contribution in [0.4, 0.5) is 0 Å². The maximum absolute atomic E-state index is 5.24. The number of hydrogen-bond acceptors (Lipinski definition) is 4. The van der Waals surface area contributed by atoms with Crippen molar-refractivity contribution in [2.24, 2.45) is 0 Å². The Kier molecular flexibility index (Phi) is 8.30. The van der Waals surface area contributed by atoms with Gasteiger partial charge < -0.3 is 10.1 Å². The topological polar surface area (TPSA) is 24.5 Å². The second-order valence-corrected chi connectivity index (χ2v) is 6.08. The van der Waals surface area contributed by atoms with E-state index in [4.69, 9.17) is 4.74 Å². The highest BCUT2D eigenvalue weighted by Crippen LogP contribution is 2.20. The van der Waals surface area contributed by atoms with Crippen LogP contribution in [0.15, 0.2) is 12.1 Å². The van der Waals surface area contributed by atoms with Crippen molar-refractivity contribution in [1.82, 2.24) is 10.2 Å². The molecule has 19 heavy (non-hydrogen) atoms. The molecule has 0 aromatic carbocycles. The maximum Gasteiger partial charge on any atom is 0.0589 e. The molecule has 0 amide bonds. The Morgan fingerprint density at radius 2 is 1.95 bits per heavy atom. The van der Waals surface area contributed by atoms with Crippen molar-refractivity contribution in [2.75, 3.05) is 27.3 Å². The van der Waals surface area contributed by atoms with Gasteiger partial charge in [-0.1, -0.05) is 13.8 Å². The predicted octanol–water partition coefficient (Wildman–Crippen LogP) is 3.10. The van der Waals surface area contributed by atoms with Crippen LogP contribution in [0.2, 0.25) is 0 Å². The molecule has 0 bridgehead atoms. The summed E-state index contributed by atoms with van der Waals surface area (Å²) in [6.07, 6.45) is 2.41. The molecule has 3 nitrogen and oxygen atoms in total. The van der Waals surface area contributed by atoms with E-state index in [1.165, 1.54) is 22.6 Å². The summed E-state index contributed by atoms with van der Waals surface area (Å²) in [6.45, 7) is 8.38. The second-order valence-electron chi connectivity index (χ2n) is 4.83. The highest BCUT2D eigenvalue weighted by atomic mass is 32.1. The van der Waals surface area contributed by atoms with E-state index in [1.54, 1.807) is 7.11 Å². The van der Waals surface area contributed by atoms with Crippen molar-refractivity contribution >= 4 is 11.3 Å². The number of ether oxygens (including phenoxy) is 1. The van der Waals surface area contributed by atoms with Gasteiger partial charge in [0.25, 0.3) is 0 Å². The molecule has 4 heteroatoms. The zero-order valence-electron chi connectivity index (χ0n) is 12.7. The van der Waals surface area contributed by atoms with E-state index in [9.17, 15) is 0 Å². The first kappa shape index (κ1) is 16.6. The van der Waals surface area contributed by atoms with Crippen molar-refractivity contribution in [2.45, 2.75) is 45.8 Å². The van der Waals surface area contributed by atoms with Gasteiger partial charge in [0.05, 0.1) is 6.61 Å². The highest BCUT2D eigenvalue weighted by Gasteiger charge is 2.16. The Morgan fingerprint density at radius 1 is 1.26 bits per heavy atom. The molecule has 1 N–H and O–H groups in total. The summed E-state index contributed by atoms with van der Waals surface area (Å²) in [6, 6.07) is 5.15. The quantitative estimate of drug-likeness (QED) is 0.714. The Bertz CT molecular complexity index is 337. The molecule has 1 aromatic heterocycles. The highest BCUT2D eigenvalue weighted by molar-refractivity contribution is 7.11. The van der Waals surface area contributed by atoms with E-state index >= 15 is 0 Å². The molecule has 0 aliphatic heterocycles. The Morgan fingerprint density at radius 3 is 2.53 bits per heavy atom. The number of nitrogens with one attached hydrogen (secondary N) is 1. The molecule has 1 aromatic rings. The average molecular weight is 284 g/mol. The van der Waals surface area contributed by atoms with Crippen molar-refractivity contribution in [3.8, 4) is 0 Å². The van der Waals surface area contributed by atoms with E-state index in [1.807, 2.05) is 18.4 Å². The summed E-state index contributed by atoms with van der Waals surface area (Å²) in [7, 11) is 3.77. The first-order chi connectivity index (χ1) is 9.24. The smallest absolute Gasteiger partial charge is 0.0589 e. The standard InChI is InChI=1S/C15H28N2OS/c1-5-13(6-2)17(9-10-18-4)12-15-8-7-14(19-15)11-16-3/h7-8,13,16H,5-6,9-12H2,1-4H3. The van der Waals surface area contributed by atoms with Crippen LogP contribution < -0.4 is 5.32 Å². The SMILES string of the molecule is CCC(CC)N(CCOC)Cc1ccc(CNC)s1. The first-order valence-corrected chi connectivity index (χ1v) is 8.01. The number of methoxy groups -OCH3 is 1. The zero-order chi connectivity index (χ0) is 14.1. The van der Waals surface area contributed by atoms with Crippen LogP contribution in [0, 0.1) is 0 Å². The van der Waals surface area contributed by atoms with Crippen molar-refractivity contribution in [3.05, 3.63) is 21.9 Å². The minimum Gasteiger partial charge on any atom is -0.383 e. The minimum absolute atomic E-state index is 0.657. The van der Waals surface area contributed by atoms with Gasteiger partial charge in [-0.05, 0) is 32.0 Å². The molecule has 0 spiro atoms. The van der Waals surface area contributed by atoms with Crippen molar-refractivity contribution in [1.29, 1.82) is 0 Å². The lowest BCUT2D eigenvalue weighted by Gasteiger charge is -2.29. The second kappa shape index (κ2) is 9.48. The van der Waals surface area contributed by atoms with Gasteiger partial charge >= 0.3 is 0 Å². The molecule has 0 saturated heterocycles.